The number of primary amides is 1. The number of carbonyl (C=O) groups is 1. The van der Waals surface area contributed by atoms with Crippen molar-refractivity contribution in [1.29, 1.82) is 0 Å². The summed E-state index contributed by atoms with van der Waals surface area (Å²) < 4.78 is 11.3. The lowest BCUT2D eigenvalue weighted by molar-refractivity contribution is -0.126. The van der Waals surface area contributed by atoms with Gasteiger partial charge in [-0.3, -0.25) is 4.79 Å². The molecule has 1 saturated carbocycles. The molecule has 1 fully saturated rings. The van der Waals surface area contributed by atoms with Gasteiger partial charge in [-0.2, -0.15) is 0 Å². The van der Waals surface area contributed by atoms with Crippen LogP contribution in [0.25, 0.3) is 0 Å². The summed E-state index contributed by atoms with van der Waals surface area (Å²) in [4.78, 5) is 11.7. The molecule has 98 valence electrons. The highest BCUT2D eigenvalue weighted by Crippen LogP contribution is 2.48. The number of hydrogen-bond acceptors (Lipinski definition) is 3. The van der Waals surface area contributed by atoms with Crippen molar-refractivity contribution >= 4 is 21.8 Å². The summed E-state index contributed by atoms with van der Waals surface area (Å²) in [7, 11) is 3.16. The number of carbonyl (C=O) groups excluding carboxylic acids is 1. The van der Waals surface area contributed by atoms with E-state index in [0.29, 0.717) is 11.5 Å². The molecule has 5 heteroatoms. The zero-order valence-corrected chi connectivity index (χ0v) is 12.0. The summed E-state index contributed by atoms with van der Waals surface area (Å²) in [6.45, 7) is 0. The summed E-state index contributed by atoms with van der Waals surface area (Å²) in [5.74, 6) is 0.969. The van der Waals surface area contributed by atoms with Gasteiger partial charge in [-0.15, -0.1) is 0 Å². The van der Waals surface area contributed by atoms with Crippen molar-refractivity contribution in [3.63, 3.8) is 0 Å². The van der Waals surface area contributed by atoms with Crippen LogP contribution < -0.4 is 15.2 Å². The third-order valence-corrected chi connectivity index (χ3v) is 4.32. The Hall–Kier alpha value is -1.23. The van der Waals surface area contributed by atoms with E-state index in [0.717, 1.165) is 29.3 Å². The first-order chi connectivity index (χ1) is 8.55. The van der Waals surface area contributed by atoms with E-state index >= 15 is 0 Å². The van der Waals surface area contributed by atoms with Crippen LogP contribution in [0.4, 0.5) is 0 Å². The molecule has 1 aliphatic carbocycles. The molecule has 0 atom stereocenters. The highest BCUT2D eigenvalue weighted by atomic mass is 79.9. The van der Waals surface area contributed by atoms with Gasteiger partial charge in [0.25, 0.3) is 0 Å². The highest BCUT2D eigenvalue weighted by Gasteiger charge is 2.45. The number of amides is 1. The highest BCUT2D eigenvalue weighted by molar-refractivity contribution is 9.10. The van der Waals surface area contributed by atoms with E-state index in [1.807, 2.05) is 12.1 Å². The predicted octanol–water partition coefficient (Wildman–Crippen LogP) is 2.37. The third kappa shape index (κ3) is 1.86. The lowest BCUT2D eigenvalue weighted by Crippen LogP contribution is -2.47. The summed E-state index contributed by atoms with van der Waals surface area (Å²) in [6.07, 6.45) is 2.59. The van der Waals surface area contributed by atoms with Gasteiger partial charge in [-0.1, -0.05) is 22.4 Å². The fraction of sp³-hybridized carbons (Fsp3) is 0.462. The van der Waals surface area contributed by atoms with Crippen LogP contribution in [-0.2, 0) is 10.2 Å². The SMILES string of the molecule is COc1cc(Br)c(C2(C(N)=O)CCC2)cc1OC. The van der Waals surface area contributed by atoms with Crippen LogP contribution in [-0.4, -0.2) is 20.1 Å². The molecule has 2 N–H and O–H groups in total. The first-order valence-electron chi connectivity index (χ1n) is 5.77. The lowest BCUT2D eigenvalue weighted by Gasteiger charge is -2.40. The van der Waals surface area contributed by atoms with Gasteiger partial charge in [-0.05, 0) is 30.5 Å². The van der Waals surface area contributed by atoms with Gasteiger partial charge >= 0.3 is 0 Å². The fourth-order valence-electron chi connectivity index (χ4n) is 2.40. The molecule has 0 aliphatic heterocycles. The Kier molecular flexibility index (Phi) is 3.52. The van der Waals surface area contributed by atoms with E-state index < -0.39 is 5.41 Å². The van der Waals surface area contributed by atoms with Gasteiger partial charge in [0.15, 0.2) is 11.5 Å². The van der Waals surface area contributed by atoms with Crippen molar-refractivity contribution in [2.24, 2.45) is 5.73 Å². The fourth-order valence-corrected chi connectivity index (χ4v) is 3.10. The quantitative estimate of drug-likeness (QED) is 0.928. The van der Waals surface area contributed by atoms with Crippen LogP contribution in [0, 0.1) is 0 Å². The van der Waals surface area contributed by atoms with Crippen LogP contribution in [0.1, 0.15) is 24.8 Å². The Morgan fingerprint density at radius 2 is 1.83 bits per heavy atom. The van der Waals surface area contributed by atoms with E-state index in [1.165, 1.54) is 0 Å². The molecular weight excluding hydrogens is 298 g/mol. The van der Waals surface area contributed by atoms with Crippen molar-refractivity contribution in [2.75, 3.05) is 14.2 Å². The second-order valence-corrected chi connectivity index (χ2v) is 5.34. The number of rotatable bonds is 4. The molecule has 1 aromatic rings. The summed E-state index contributed by atoms with van der Waals surface area (Å²) in [6, 6.07) is 3.66. The zero-order chi connectivity index (χ0) is 13.3. The Bertz CT molecular complexity index is 483. The molecule has 1 aromatic carbocycles. The Labute approximate surface area is 115 Å². The molecule has 1 amide bonds. The molecule has 0 radical (unpaired) electrons. The molecule has 2 rings (SSSR count). The van der Waals surface area contributed by atoms with E-state index in [-0.39, 0.29) is 5.91 Å². The normalized spacial score (nSPS) is 16.8. The Morgan fingerprint density at radius 3 is 2.22 bits per heavy atom. The van der Waals surface area contributed by atoms with E-state index in [2.05, 4.69) is 15.9 Å². The molecule has 18 heavy (non-hydrogen) atoms. The number of ether oxygens (including phenoxy) is 2. The monoisotopic (exact) mass is 313 g/mol. The number of benzene rings is 1. The van der Waals surface area contributed by atoms with Gasteiger partial charge in [0, 0.05) is 4.47 Å². The first-order valence-corrected chi connectivity index (χ1v) is 6.56. The third-order valence-electron chi connectivity index (χ3n) is 3.67. The minimum atomic E-state index is -0.557. The van der Waals surface area contributed by atoms with Crippen molar-refractivity contribution in [1.82, 2.24) is 0 Å². The van der Waals surface area contributed by atoms with Gasteiger partial charge < -0.3 is 15.2 Å². The molecule has 1 aliphatic rings. The molecule has 4 nitrogen and oxygen atoms in total. The molecule has 0 spiro atoms. The van der Waals surface area contributed by atoms with Crippen LogP contribution in [0.15, 0.2) is 16.6 Å². The predicted molar refractivity (Wildman–Crippen MR) is 72.0 cm³/mol. The minimum absolute atomic E-state index is 0.276. The van der Waals surface area contributed by atoms with Gasteiger partial charge in [0.1, 0.15) is 0 Å². The Balaban J connectivity index is 2.54. The molecule has 0 bridgehead atoms. The zero-order valence-electron chi connectivity index (χ0n) is 10.5. The Morgan fingerprint density at radius 1 is 1.28 bits per heavy atom. The van der Waals surface area contributed by atoms with Gasteiger partial charge in [0.2, 0.25) is 5.91 Å². The topological polar surface area (TPSA) is 61.5 Å². The molecular formula is C13H16BrNO3. The van der Waals surface area contributed by atoms with Crippen LogP contribution >= 0.6 is 15.9 Å². The summed E-state index contributed by atoms with van der Waals surface area (Å²) >= 11 is 3.49. The van der Waals surface area contributed by atoms with Crippen molar-refractivity contribution in [2.45, 2.75) is 24.7 Å². The average Bonchev–Trinajstić information content (AvgIpc) is 2.28. The lowest BCUT2D eigenvalue weighted by atomic mass is 9.64. The smallest absolute Gasteiger partial charge is 0.228 e. The number of nitrogens with two attached hydrogens (primary N) is 1. The maximum absolute atomic E-state index is 11.7. The van der Waals surface area contributed by atoms with Crippen molar-refractivity contribution in [3.05, 3.63) is 22.2 Å². The van der Waals surface area contributed by atoms with Gasteiger partial charge in [-0.25, -0.2) is 0 Å². The second-order valence-electron chi connectivity index (χ2n) is 4.49. The number of halogens is 1. The van der Waals surface area contributed by atoms with Crippen LogP contribution in [0.5, 0.6) is 11.5 Å². The molecule has 0 heterocycles. The van der Waals surface area contributed by atoms with Crippen molar-refractivity contribution in [3.8, 4) is 11.5 Å². The minimum Gasteiger partial charge on any atom is -0.493 e. The molecule has 0 unspecified atom stereocenters. The van der Waals surface area contributed by atoms with Crippen LogP contribution in [0.2, 0.25) is 0 Å². The summed E-state index contributed by atoms with van der Waals surface area (Å²) in [5.41, 5.74) is 5.89. The standard InChI is InChI=1S/C13H16BrNO3/c1-17-10-6-8(9(14)7-11(10)18-2)13(12(15)16)4-3-5-13/h6-7H,3-5H2,1-2H3,(H2,15,16). The van der Waals surface area contributed by atoms with Gasteiger partial charge in [0.05, 0.1) is 19.6 Å². The largest absolute Gasteiger partial charge is 0.493 e. The average molecular weight is 314 g/mol. The van der Waals surface area contributed by atoms with Crippen LogP contribution in [0.3, 0.4) is 0 Å². The molecule has 0 saturated heterocycles. The second kappa shape index (κ2) is 4.80. The number of methoxy groups -OCH3 is 2. The molecule has 0 aromatic heterocycles. The van der Waals surface area contributed by atoms with E-state index in [4.69, 9.17) is 15.2 Å². The van der Waals surface area contributed by atoms with E-state index in [9.17, 15) is 4.79 Å². The number of hydrogen-bond donors (Lipinski definition) is 1. The summed E-state index contributed by atoms with van der Waals surface area (Å²) in [5, 5.41) is 0. The van der Waals surface area contributed by atoms with E-state index in [1.54, 1.807) is 14.2 Å². The maximum atomic E-state index is 11.7. The first kappa shape index (κ1) is 13.2. The maximum Gasteiger partial charge on any atom is 0.228 e. The van der Waals surface area contributed by atoms with Crippen molar-refractivity contribution < 1.29 is 14.3 Å².